The van der Waals surface area contributed by atoms with Crippen LogP contribution < -0.4 is 14.8 Å². The quantitative estimate of drug-likeness (QED) is 0.542. The molecule has 0 aromatic heterocycles. The van der Waals surface area contributed by atoms with Crippen LogP contribution in [0.5, 0.6) is 11.5 Å². The fourth-order valence-electron chi connectivity index (χ4n) is 2.59. The molecule has 0 bridgehead atoms. The van der Waals surface area contributed by atoms with Gasteiger partial charge in [-0.05, 0) is 78.4 Å². The highest BCUT2D eigenvalue weighted by Gasteiger charge is 2.26. The van der Waals surface area contributed by atoms with Gasteiger partial charge >= 0.3 is 0 Å². The average molecular weight is 496 g/mol. The van der Waals surface area contributed by atoms with Crippen LogP contribution in [0.3, 0.4) is 0 Å². The van der Waals surface area contributed by atoms with Crippen LogP contribution in [0, 0.1) is 3.57 Å². The van der Waals surface area contributed by atoms with Crippen molar-refractivity contribution < 1.29 is 19.1 Å². The predicted octanol–water partition coefficient (Wildman–Crippen LogP) is 3.23. The summed E-state index contributed by atoms with van der Waals surface area (Å²) >= 11 is 2.21. The Balaban J connectivity index is 2.11. The number of nitrogens with zero attached hydrogens (tertiary/aromatic N) is 1. The van der Waals surface area contributed by atoms with Gasteiger partial charge in [-0.25, -0.2) is 0 Å². The third-order valence-electron chi connectivity index (χ3n) is 4.21. The number of carbonyl (C=O) groups excluding carboxylic acids is 2. The van der Waals surface area contributed by atoms with Gasteiger partial charge in [-0.3, -0.25) is 9.59 Å². The monoisotopic (exact) mass is 496 g/mol. The van der Waals surface area contributed by atoms with Crippen molar-refractivity contribution in [2.75, 3.05) is 20.3 Å². The zero-order chi connectivity index (χ0) is 20.5. The standard InChI is InChI=1S/C21H25IN2O4/c1-4-23-21(26)15(2)24(13-16-5-9-18(27-3)10-6-16)20(25)14-28-19-11-7-17(22)8-12-19/h5-12,15H,4,13-14H2,1-3H3,(H,23,26)/t15-/m0/s1. The number of hydrogen-bond donors (Lipinski definition) is 1. The number of hydrogen-bond acceptors (Lipinski definition) is 4. The van der Waals surface area contributed by atoms with Gasteiger partial charge < -0.3 is 19.7 Å². The third kappa shape index (κ3) is 6.40. The van der Waals surface area contributed by atoms with Crippen LogP contribution in [-0.4, -0.2) is 43.0 Å². The molecule has 1 N–H and O–H groups in total. The van der Waals surface area contributed by atoms with Crippen molar-refractivity contribution in [3.05, 3.63) is 57.7 Å². The van der Waals surface area contributed by atoms with Crippen LogP contribution in [0.25, 0.3) is 0 Å². The van der Waals surface area contributed by atoms with E-state index in [1.54, 1.807) is 14.0 Å². The van der Waals surface area contributed by atoms with Gasteiger partial charge in [-0.2, -0.15) is 0 Å². The first kappa shape index (κ1) is 22.0. The van der Waals surface area contributed by atoms with Crippen molar-refractivity contribution in [3.63, 3.8) is 0 Å². The van der Waals surface area contributed by atoms with Gasteiger partial charge in [0.2, 0.25) is 5.91 Å². The lowest BCUT2D eigenvalue weighted by molar-refractivity contribution is -0.142. The molecule has 2 rings (SSSR count). The summed E-state index contributed by atoms with van der Waals surface area (Å²) in [5.74, 6) is 0.899. The smallest absolute Gasteiger partial charge is 0.261 e. The molecular weight excluding hydrogens is 471 g/mol. The summed E-state index contributed by atoms with van der Waals surface area (Å²) in [6.45, 7) is 4.24. The van der Waals surface area contributed by atoms with E-state index >= 15 is 0 Å². The molecule has 6 nitrogen and oxygen atoms in total. The molecule has 0 aliphatic heterocycles. The molecule has 0 saturated heterocycles. The molecule has 2 amide bonds. The highest BCUT2D eigenvalue weighted by atomic mass is 127. The van der Waals surface area contributed by atoms with Gasteiger partial charge in [0.05, 0.1) is 7.11 Å². The minimum atomic E-state index is -0.616. The molecule has 28 heavy (non-hydrogen) atoms. The first-order valence-electron chi connectivity index (χ1n) is 9.03. The molecule has 2 aromatic rings. The van der Waals surface area contributed by atoms with E-state index in [1.807, 2.05) is 55.5 Å². The number of rotatable bonds is 9. The van der Waals surface area contributed by atoms with Crippen LogP contribution in [0.1, 0.15) is 19.4 Å². The maximum absolute atomic E-state index is 12.9. The van der Waals surface area contributed by atoms with Gasteiger partial charge in [-0.15, -0.1) is 0 Å². The summed E-state index contributed by atoms with van der Waals surface area (Å²) in [5.41, 5.74) is 0.902. The molecule has 0 heterocycles. The Morgan fingerprint density at radius 1 is 1.07 bits per heavy atom. The van der Waals surface area contributed by atoms with E-state index in [2.05, 4.69) is 27.9 Å². The van der Waals surface area contributed by atoms with E-state index in [1.165, 1.54) is 4.90 Å². The molecule has 0 aliphatic carbocycles. The van der Waals surface area contributed by atoms with Crippen molar-refractivity contribution in [1.29, 1.82) is 0 Å². The third-order valence-corrected chi connectivity index (χ3v) is 4.93. The fraction of sp³-hybridized carbons (Fsp3) is 0.333. The Labute approximate surface area is 179 Å². The number of amides is 2. The summed E-state index contributed by atoms with van der Waals surface area (Å²) < 4.78 is 11.9. The number of carbonyl (C=O) groups is 2. The zero-order valence-corrected chi connectivity index (χ0v) is 18.4. The van der Waals surface area contributed by atoms with Gasteiger partial charge in [0, 0.05) is 16.7 Å². The number of likely N-dealkylation sites (N-methyl/N-ethyl adjacent to an activating group) is 1. The second kappa shape index (κ2) is 10.9. The molecule has 7 heteroatoms. The maximum atomic E-state index is 12.9. The van der Waals surface area contributed by atoms with Crippen LogP contribution >= 0.6 is 22.6 Å². The topological polar surface area (TPSA) is 67.9 Å². The summed E-state index contributed by atoms with van der Waals surface area (Å²) in [6.07, 6.45) is 0. The lowest BCUT2D eigenvalue weighted by Gasteiger charge is -2.28. The lowest BCUT2D eigenvalue weighted by atomic mass is 10.1. The molecule has 150 valence electrons. The van der Waals surface area contributed by atoms with E-state index in [0.29, 0.717) is 18.8 Å². The molecule has 0 aliphatic rings. The number of methoxy groups -OCH3 is 1. The van der Waals surface area contributed by atoms with E-state index < -0.39 is 6.04 Å². The second-order valence-corrected chi connectivity index (χ2v) is 7.43. The Bertz CT molecular complexity index is 778. The zero-order valence-electron chi connectivity index (χ0n) is 16.3. The number of halogens is 1. The number of benzene rings is 2. The van der Waals surface area contributed by atoms with Gasteiger partial charge in [0.1, 0.15) is 17.5 Å². The van der Waals surface area contributed by atoms with Crippen molar-refractivity contribution in [3.8, 4) is 11.5 Å². The Hall–Kier alpha value is -2.29. The van der Waals surface area contributed by atoms with Crippen molar-refractivity contribution in [2.45, 2.75) is 26.4 Å². The normalized spacial score (nSPS) is 11.4. The summed E-state index contributed by atoms with van der Waals surface area (Å²) in [4.78, 5) is 26.7. The van der Waals surface area contributed by atoms with E-state index in [9.17, 15) is 9.59 Å². The maximum Gasteiger partial charge on any atom is 0.261 e. The van der Waals surface area contributed by atoms with E-state index in [4.69, 9.17) is 9.47 Å². The van der Waals surface area contributed by atoms with Gasteiger partial charge in [0.25, 0.3) is 5.91 Å². The molecule has 0 radical (unpaired) electrons. The Morgan fingerprint density at radius 3 is 2.25 bits per heavy atom. The first-order valence-corrected chi connectivity index (χ1v) is 10.1. The minimum absolute atomic E-state index is 0.138. The Kier molecular flexibility index (Phi) is 8.56. The molecule has 0 unspecified atom stereocenters. The summed E-state index contributed by atoms with van der Waals surface area (Å²) in [6, 6.07) is 14.3. The van der Waals surface area contributed by atoms with Crippen LogP contribution in [0.2, 0.25) is 0 Å². The van der Waals surface area contributed by atoms with E-state index in [-0.39, 0.29) is 18.4 Å². The SMILES string of the molecule is CCNC(=O)[C@H](C)N(Cc1ccc(OC)cc1)C(=O)COc1ccc(I)cc1. The summed E-state index contributed by atoms with van der Waals surface area (Å²) in [5, 5.41) is 2.77. The van der Waals surface area contributed by atoms with Gasteiger partial charge in [0.15, 0.2) is 6.61 Å². The number of nitrogens with one attached hydrogen (secondary N) is 1. The molecule has 1 atom stereocenters. The second-order valence-electron chi connectivity index (χ2n) is 6.18. The average Bonchev–Trinajstić information content (AvgIpc) is 2.71. The van der Waals surface area contributed by atoms with Crippen molar-refractivity contribution >= 4 is 34.4 Å². The van der Waals surface area contributed by atoms with Crippen LogP contribution in [0.15, 0.2) is 48.5 Å². The van der Waals surface area contributed by atoms with Crippen LogP contribution in [0.4, 0.5) is 0 Å². The summed E-state index contributed by atoms with van der Waals surface area (Å²) in [7, 11) is 1.60. The molecule has 0 spiro atoms. The largest absolute Gasteiger partial charge is 0.497 e. The lowest BCUT2D eigenvalue weighted by Crippen LogP contribution is -2.49. The predicted molar refractivity (Wildman–Crippen MR) is 116 cm³/mol. The molecule has 2 aromatic carbocycles. The minimum Gasteiger partial charge on any atom is -0.497 e. The highest BCUT2D eigenvalue weighted by Crippen LogP contribution is 2.16. The number of ether oxygens (including phenoxy) is 2. The fourth-order valence-corrected chi connectivity index (χ4v) is 2.95. The molecular formula is C21H25IN2O4. The van der Waals surface area contributed by atoms with E-state index in [0.717, 1.165) is 14.9 Å². The first-order chi connectivity index (χ1) is 13.4. The molecule has 0 saturated carbocycles. The highest BCUT2D eigenvalue weighted by molar-refractivity contribution is 14.1. The van der Waals surface area contributed by atoms with Gasteiger partial charge in [-0.1, -0.05) is 12.1 Å². The molecule has 0 fully saturated rings. The Morgan fingerprint density at radius 2 is 1.68 bits per heavy atom. The van der Waals surface area contributed by atoms with Crippen molar-refractivity contribution in [1.82, 2.24) is 10.2 Å². The van der Waals surface area contributed by atoms with Crippen LogP contribution in [-0.2, 0) is 16.1 Å². The van der Waals surface area contributed by atoms with Crippen molar-refractivity contribution in [2.24, 2.45) is 0 Å².